The van der Waals surface area contributed by atoms with Crippen molar-refractivity contribution in [3.63, 3.8) is 0 Å². The van der Waals surface area contributed by atoms with Gasteiger partial charge in [0.15, 0.2) is 0 Å². The van der Waals surface area contributed by atoms with Crippen LogP contribution in [0.4, 0.5) is 0 Å². The Morgan fingerprint density at radius 1 is 1.03 bits per heavy atom. The van der Waals surface area contributed by atoms with Crippen molar-refractivity contribution >= 4 is 22.8 Å². The maximum Gasteiger partial charge on any atom is 0.337 e. The molecule has 7 nitrogen and oxygen atoms in total. The molecular weight excluding hydrogens is 492 g/mol. The van der Waals surface area contributed by atoms with Gasteiger partial charge < -0.3 is 24.1 Å². The summed E-state index contributed by atoms with van der Waals surface area (Å²) in [5.74, 6) is 0.661. The number of rotatable bonds is 6. The van der Waals surface area contributed by atoms with Crippen LogP contribution in [-0.4, -0.2) is 49.9 Å². The second kappa shape index (κ2) is 11.0. The summed E-state index contributed by atoms with van der Waals surface area (Å²) in [6, 6.07) is 12.2. The van der Waals surface area contributed by atoms with Crippen LogP contribution in [0.2, 0.25) is 0 Å². The Labute approximate surface area is 229 Å². The Morgan fingerprint density at radius 3 is 2.62 bits per heavy atom. The topological polar surface area (TPSA) is 78.8 Å². The van der Waals surface area contributed by atoms with Crippen LogP contribution < -0.4 is 10.1 Å². The number of carbonyl (C=O) groups is 2. The normalized spacial score (nSPS) is 21.2. The van der Waals surface area contributed by atoms with Gasteiger partial charge >= 0.3 is 5.97 Å². The van der Waals surface area contributed by atoms with E-state index in [9.17, 15) is 9.59 Å². The average Bonchev–Trinajstić information content (AvgIpc) is 3.57. The molecule has 2 aromatic carbocycles. The van der Waals surface area contributed by atoms with Gasteiger partial charge in [-0.1, -0.05) is 25.3 Å². The van der Waals surface area contributed by atoms with Gasteiger partial charge in [0, 0.05) is 36.2 Å². The highest BCUT2D eigenvalue weighted by molar-refractivity contribution is 5.99. The molecule has 1 amide bonds. The molecule has 6 rings (SSSR count). The lowest BCUT2D eigenvalue weighted by Gasteiger charge is -2.24. The molecule has 3 heterocycles. The van der Waals surface area contributed by atoms with Crippen molar-refractivity contribution in [2.45, 2.75) is 69.9 Å². The number of carbonyl (C=O) groups excluding carboxylic acids is 2. The van der Waals surface area contributed by atoms with E-state index in [0.717, 1.165) is 54.7 Å². The molecule has 1 N–H and O–H groups in total. The van der Waals surface area contributed by atoms with Gasteiger partial charge in [-0.3, -0.25) is 4.79 Å². The Bertz CT molecular complexity index is 1380. The molecule has 2 fully saturated rings. The minimum atomic E-state index is -0.351. The van der Waals surface area contributed by atoms with Gasteiger partial charge in [0.05, 0.1) is 37.5 Å². The summed E-state index contributed by atoms with van der Waals surface area (Å²) in [4.78, 5) is 26.2. The van der Waals surface area contributed by atoms with Crippen LogP contribution in [0.1, 0.15) is 72.3 Å². The number of fused-ring (bicyclic) bond motifs is 5. The predicted molar refractivity (Wildman–Crippen MR) is 150 cm³/mol. The standard InChI is InChI=1S/C32H38N2O5/c1-37-24-11-13-26-22(16-24)15-23(31(35)33-18-25-9-6-14-39-25)19-34-28-17-21(32(36)38-2)10-12-27(28)29(30(26)34)20-7-4-3-5-8-20/h10-13,16-17,20,23,25H,3-9,14-15,18-19H2,1-2H3,(H,33,35). The van der Waals surface area contributed by atoms with E-state index in [-0.39, 0.29) is 23.9 Å². The smallest absolute Gasteiger partial charge is 0.337 e. The molecule has 0 bridgehead atoms. The minimum absolute atomic E-state index is 0.0392. The molecule has 206 valence electrons. The quantitative estimate of drug-likeness (QED) is 0.419. The fraction of sp³-hybridized carbons (Fsp3) is 0.500. The van der Waals surface area contributed by atoms with Crippen molar-refractivity contribution in [3.05, 3.63) is 53.1 Å². The molecule has 3 aromatic rings. The van der Waals surface area contributed by atoms with Crippen LogP contribution in [-0.2, 0) is 27.2 Å². The van der Waals surface area contributed by atoms with Gasteiger partial charge in [-0.05, 0) is 79.5 Å². The number of aromatic nitrogens is 1. The van der Waals surface area contributed by atoms with Crippen LogP contribution in [0.15, 0.2) is 36.4 Å². The zero-order chi connectivity index (χ0) is 26.9. The molecule has 1 aromatic heterocycles. The fourth-order valence-corrected chi connectivity index (χ4v) is 6.89. The molecule has 2 aliphatic heterocycles. The maximum absolute atomic E-state index is 13.7. The summed E-state index contributed by atoms with van der Waals surface area (Å²) in [6.07, 6.45) is 8.77. The van der Waals surface area contributed by atoms with Crippen LogP contribution in [0, 0.1) is 5.92 Å². The largest absolute Gasteiger partial charge is 0.497 e. The van der Waals surface area contributed by atoms with E-state index in [4.69, 9.17) is 14.2 Å². The Morgan fingerprint density at radius 2 is 1.87 bits per heavy atom. The first-order valence-corrected chi connectivity index (χ1v) is 14.4. The van der Waals surface area contributed by atoms with E-state index >= 15 is 0 Å². The number of esters is 1. The lowest BCUT2D eigenvalue weighted by molar-refractivity contribution is -0.125. The molecule has 2 unspecified atom stereocenters. The van der Waals surface area contributed by atoms with Crippen LogP contribution in [0.5, 0.6) is 5.75 Å². The van der Waals surface area contributed by atoms with Gasteiger partial charge in [-0.15, -0.1) is 0 Å². The summed E-state index contributed by atoms with van der Waals surface area (Å²) in [6.45, 7) is 1.85. The molecule has 39 heavy (non-hydrogen) atoms. The molecule has 3 aliphatic rings. The number of hydrogen-bond acceptors (Lipinski definition) is 5. The number of amides is 1. The van der Waals surface area contributed by atoms with E-state index in [1.54, 1.807) is 7.11 Å². The van der Waals surface area contributed by atoms with Crippen LogP contribution in [0.25, 0.3) is 22.2 Å². The Hall–Kier alpha value is -3.32. The van der Waals surface area contributed by atoms with Crippen molar-refractivity contribution < 1.29 is 23.8 Å². The van der Waals surface area contributed by atoms with Crippen molar-refractivity contribution in [2.24, 2.45) is 5.92 Å². The van der Waals surface area contributed by atoms with Gasteiger partial charge in [0.2, 0.25) is 5.91 Å². The molecule has 1 saturated carbocycles. The van der Waals surface area contributed by atoms with Gasteiger partial charge in [-0.2, -0.15) is 0 Å². The predicted octanol–water partition coefficient (Wildman–Crippen LogP) is 5.62. The van der Waals surface area contributed by atoms with Gasteiger partial charge in [-0.25, -0.2) is 4.79 Å². The van der Waals surface area contributed by atoms with E-state index in [1.807, 2.05) is 18.2 Å². The van der Waals surface area contributed by atoms with Crippen molar-refractivity contribution in [3.8, 4) is 17.0 Å². The number of hydrogen-bond donors (Lipinski definition) is 1. The highest BCUT2D eigenvalue weighted by Gasteiger charge is 2.33. The first-order valence-electron chi connectivity index (χ1n) is 14.4. The summed E-state index contributed by atoms with van der Waals surface area (Å²) in [5, 5.41) is 4.36. The molecule has 1 saturated heterocycles. The van der Waals surface area contributed by atoms with E-state index < -0.39 is 0 Å². The maximum atomic E-state index is 13.7. The van der Waals surface area contributed by atoms with E-state index in [2.05, 4.69) is 28.1 Å². The minimum Gasteiger partial charge on any atom is -0.497 e. The van der Waals surface area contributed by atoms with Crippen LogP contribution in [0.3, 0.4) is 0 Å². The zero-order valence-electron chi connectivity index (χ0n) is 23.0. The summed E-state index contributed by atoms with van der Waals surface area (Å²) >= 11 is 0. The first kappa shape index (κ1) is 25.9. The highest BCUT2D eigenvalue weighted by atomic mass is 16.5. The second-order valence-electron chi connectivity index (χ2n) is 11.2. The first-order chi connectivity index (χ1) is 19.1. The SMILES string of the molecule is COC(=O)c1ccc2c(C3CCCCC3)c3n(c2c1)CC(C(=O)NCC1CCCO1)Cc1cc(OC)ccc1-3. The van der Waals surface area contributed by atoms with Crippen LogP contribution >= 0.6 is 0 Å². The molecule has 2 atom stereocenters. The van der Waals surface area contributed by atoms with E-state index in [0.29, 0.717) is 31.0 Å². The third-order valence-electron chi connectivity index (χ3n) is 8.87. The Kier molecular flexibility index (Phi) is 7.34. The third-order valence-corrected chi connectivity index (χ3v) is 8.87. The number of benzene rings is 2. The highest BCUT2D eigenvalue weighted by Crippen LogP contribution is 2.47. The second-order valence-corrected chi connectivity index (χ2v) is 11.2. The molecule has 0 radical (unpaired) electrons. The zero-order valence-corrected chi connectivity index (χ0v) is 23.0. The average molecular weight is 531 g/mol. The number of ether oxygens (including phenoxy) is 3. The van der Waals surface area contributed by atoms with Crippen molar-refractivity contribution in [1.29, 1.82) is 0 Å². The molecule has 1 aliphatic carbocycles. The number of methoxy groups -OCH3 is 2. The summed E-state index contributed by atoms with van der Waals surface area (Å²) in [7, 11) is 3.10. The summed E-state index contributed by atoms with van der Waals surface area (Å²) < 4.78 is 18.7. The van der Waals surface area contributed by atoms with Gasteiger partial charge in [0.25, 0.3) is 0 Å². The third kappa shape index (κ3) is 4.93. The van der Waals surface area contributed by atoms with Gasteiger partial charge in [0.1, 0.15) is 5.75 Å². The lowest BCUT2D eigenvalue weighted by Crippen LogP contribution is -2.38. The van der Waals surface area contributed by atoms with Crippen molar-refractivity contribution in [1.82, 2.24) is 9.88 Å². The molecule has 7 heteroatoms. The van der Waals surface area contributed by atoms with E-state index in [1.165, 1.54) is 43.0 Å². The summed E-state index contributed by atoms with van der Waals surface area (Å²) in [5.41, 5.74) is 6.34. The fourth-order valence-electron chi connectivity index (χ4n) is 6.89. The lowest BCUT2D eigenvalue weighted by atomic mass is 9.81. The molecular formula is C32H38N2O5. The number of nitrogens with one attached hydrogen (secondary N) is 1. The monoisotopic (exact) mass is 530 g/mol. The van der Waals surface area contributed by atoms with Crippen molar-refractivity contribution in [2.75, 3.05) is 27.4 Å². The number of nitrogens with zero attached hydrogens (tertiary/aromatic N) is 1. The molecule has 0 spiro atoms. The Balaban J connectivity index is 1.51.